The largest absolute Gasteiger partial charge is 0.494 e. The lowest BCUT2D eigenvalue weighted by Gasteiger charge is -2.05. The molecule has 0 aliphatic heterocycles. The van der Waals surface area contributed by atoms with Crippen molar-refractivity contribution in [2.45, 2.75) is 40.0 Å². The molecule has 0 aromatic heterocycles. The number of ether oxygens (including phenoxy) is 1. The standard InChI is InChI=1S/C15H22N2O2/c1-4-6-7-12(3)16-17-15(18)13-8-10-14(11-9-13)19-5-2/h8-11H,4-7H2,1-3H3,(H,17,18). The van der Waals surface area contributed by atoms with Crippen molar-refractivity contribution in [1.82, 2.24) is 5.43 Å². The molecule has 0 atom stereocenters. The molecule has 1 aromatic carbocycles. The van der Waals surface area contributed by atoms with Crippen LogP contribution in [0.3, 0.4) is 0 Å². The fourth-order valence-electron chi connectivity index (χ4n) is 1.57. The number of nitrogens with one attached hydrogen (secondary N) is 1. The van der Waals surface area contributed by atoms with Crippen LogP contribution in [0.25, 0.3) is 0 Å². The van der Waals surface area contributed by atoms with E-state index in [1.165, 1.54) is 0 Å². The Bertz CT molecular complexity index is 424. The molecule has 0 saturated heterocycles. The molecule has 0 saturated carbocycles. The highest BCUT2D eigenvalue weighted by atomic mass is 16.5. The van der Waals surface area contributed by atoms with Crippen molar-refractivity contribution >= 4 is 11.6 Å². The fraction of sp³-hybridized carbons (Fsp3) is 0.467. The summed E-state index contributed by atoms with van der Waals surface area (Å²) in [6.07, 6.45) is 3.13. The summed E-state index contributed by atoms with van der Waals surface area (Å²) in [5.74, 6) is 0.570. The number of carbonyl (C=O) groups is 1. The van der Waals surface area contributed by atoms with Crippen molar-refractivity contribution in [3.05, 3.63) is 29.8 Å². The first kappa shape index (κ1) is 15.2. The van der Waals surface area contributed by atoms with Gasteiger partial charge in [0.2, 0.25) is 0 Å². The van der Waals surface area contributed by atoms with E-state index in [1.807, 2.05) is 13.8 Å². The molecule has 0 fully saturated rings. The zero-order chi connectivity index (χ0) is 14.1. The zero-order valence-corrected chi connectivity index (χ0v) is 11.9. The van der Waals surface area contributed by atoms with Crippen LogP contribution in [0.5, 0.6) is 5.75 Å². The van der Waals surface area contributed by atoms with Crippen LogP contribution in [0.1, 0.15) is 50.4 Å². The first-order valence-electron chi connectivity index (χ1n) is 6.73. The normalized spacial score (nSPS) is 11.2. The SMILES string of the molecule is CCCCC(C)=NNC(=O)c1ccc(OCC)cc1. The van der Waals surface area contributed by atoms with Crippen LogP contribution in [0.4, 0.5) is 0 Å². The van der Waals surface area contributed by atoms with Gasteiger partial charge in [-0.15, -0.1) is 0 Å². The molecular formula is C15H22N2O2. The number of hydrogen-bond donors (Lipinski definition) is 1. The maximum atomic E-state index is 11.8. The van der Waals surface area contributed by atoms with E-state index in [9.17, 15) is 4.79 Å². The lowest BCUT2D eigenvalue weighted by atomic mass is 10.2. The van der Waals surface area contributed by atoms with Gasteiger partial charge in [-0.25, -0.2) is 5.43 Å². The van der Waals surface area contributed by atoms with Gasteiger partial charge in [-0.3, -0.25) is 4.79 Å². The lowest BCUT2D eigenvalue weighted by molar-refractivity contribution is 0.0954. The molecule has 1 aromatic rings. The smallest absolute Gasteiger partial charge is 0.271 e. The van der Waals surface area contributed by atoms with Crippen molar-refractivity contribution in [3.8, 4) is 5.75 Å². The second kappa shape index (κ2) is 8.29. The summed E-state index contributed by atoms with van der Waals surface area (Å²) >= 11 is 0. The first-order chi connectivity index (χ1) is 9.17. The van der Waals surface area contributed by atoms with Gasteiger partial charge in [0, 0.05) is 11.3 Å². The maximum Gasteiger partial charge on any atom is 0.271 e. The third-order valence-electron chi connectivity index (χ3n) is 2.67. The van der Waals surface area contributed by atoms with Gasteiger partial charge in [-0.1, -0.05) is 13.3 Å². The Morgan fingerprint density at radius 3 is 2.53 bits per heavy atom. The number of nitrogens with zero attached hydrogens (tertiary/aromatic N) is 1. The van der Waals surface area contributed by atoms with Gasteiger partial charge in [-0.05, 0) is 51.0 Å². The molecule has 0 aliphatic rings. The highest BCUT2D eigenvalue weighted by Gasteiger charge is 2.04. The molecule has 1 amide bonds. The lowest BCUT2D eigenvalue weighted by Crippen LogP contribution is -2.18. The highest BCUT2D eigenvalue weighted by molar-refractivity contribution is 5.95. The van der Waals surface area contributed by atoms with E-state index in [-0.39, 0.29) is 5.91 Å². The summed E-state index contributed by atoms with van der Waals surface area (Å²) in [6, 6.07) is 7.03. The molecule has 0 bridgehead atoms. The van der Waals surface area contributed by atoms with Crippen LogP contribution in [0.2, 0.25) is 0 Å². The quantitative estimate of drug-likeness (QED) is 0.605. The Kier molecular flexibility index (Phi) is 6.64. The number of benzene rings is 1. The van der Waals surface area contributed by atoms with E-state index in [1.54, 1.807) is 24.3 Å². The molecule has 4 heteroatoms. The fourth-order valence-corrected chi connectivity index (χ4v) is 1.57. The van der Waals surface area contributed by atoms with E-state index in [0.717, 1.165) is 30.7 Å². The minimum absolute atomic E-state index is 0.195. The van der Waals surface area contributed by atoms with Gasteiger partial charge >= 0.3 is 0 Å². The Morgan fingerprint density at radius 1 is 1.26 bits per heavy atom. The Balaban J connectivity index is 2.53. The van der Waals surface area contributed by atoms with Crippen LogP contribution in [0, 0.1) is 0 Å². The first-order valence-corrected chi connectivity index (χ1v) is 6.73. The number of rotatable bonds is 7. The van der Waals surface area contributed by atoms with E-state index in [0.29, 0.717) is 12.2 Å². The van der Waals surface area contributed by atoms with Crippen LogP contribution in [0.15, 0.2) is 29.4 Å². The topological polar surface area (TPSA) is 50.7 Å². The van der Waals surface area contributed by atoms with Crippen LogP contribution < -0.4 is 10.2 Å². The minimum Gasteiger partial charge on any atom is -0.494 e. The predicted molar refractivity (Wildman–Crippen MR) is 77.7 cm³/mol. The summed E-state index contributed by atoms with van der Waals surface area (Å²) < 4.78 is 5.32. The molecule has 4 nitrogen and oxygen atoms in total. The molecule has 19 heavy (non-hydrogen) atoms. The predicted octanol–water partition coefficient (Wildman–Crippen LogP) is 3.38. The summed E-state index contributed by atoms with van der Waals surface area (Å²) in [5.41, 5.74) is 4.09. The van der Waals surface area contributed by atoms with Crippen LogP contribution in [-0.4, -0.2) is 18.2 Å². The van der Waals surface area contributed by atoms with E-state index in [4.69, 9.17) is 4.74 Å². The van der Waals surface area contributed by atoms with Crippen LogP contribution in [-0.2, 0) is 0 Å². The molecule has 104 valence electrons. The average molecular weight is 262 g/mol. The highest BCUT2D eigenvalue weighted by Crippen LogP contribution is 2.11. The average Bonchev–Trinajstić information content (AvgIpc) is 2.43. The van der Waals surface area contributed by atoms with E-state index < -0.39 is 0 Å². The molecule has 0 radical (unpaired) electrons. The van der Waals surface area contributed by atoms with Gasteiger partial charge in [0.05, 0.1) is 6.61 Å². The van der Waals surface area contributed by atoms with Crippen molar-refractivity contribution < 1.29 is 9.53 Å². The monoisotopic (exact) mass is 262 g/mol. The summed E-state index contributed by atoms with van der Waals surface area (Å²) in [5, 5.41) is 4.08. The third kappa shape index (κ3) is 5.55. The van der Waals surface area contributed by atoms with Gasteiger partial charge in [-0.2, -0.15) is 5.10 Å². The van der Waals surface area contributed by atoms with Gasteiger partial charge in [0.25, 0.3) is 5.91 Å². The number of carbonyl (C=O) groups excluding carboxylic acids is 1. The molecule has 0 unspecified atom stereocenters. The van der Waals surface area contributed by atoms with Crippen LogP contribution >= 0.6 is 0 Å². The van der Waals surface area contributed by atoms with Crippen molar-refractivity contribution in [3.63, 3.8) is 0 Å². The second-order valence-electron chi connectivity index (χ2n) is 4.35. The maximum absolute atomic E-state index is 11.8. The van der Waals surface area contributed by atoms with Crippen molar-refractivity contribution in [1.29, 1.82) is 0 Å². The number of hydrazone groups is 1. The van der Waals surface area contributed by atoms with E-state index >= 15 is 0 Å². The molecule has 1 rings (SSSR count). The third-order valence-corrected chi connectivity index (χ3v) is 2.67. The summed E-state index contributed by atoms with van der Waals surface area (Å²) in [4.78, 5) is 11.8. The van der Waals surface area contributed by atoms with E-state index in [2.05, 4.69) is 17.5 Å². The van der Waals surface area contributed by atoms with Crippen molar-refractivity contribution in [2.75, 3.05) is 6.61 Å². The molecular weight excluding hydrogens is 240 g/mol. The van der Waals surface area contributed by atoms with Gasteiger partial charge < -0.3 is 4.74 Å². The Hall–Kier alpha value is -1.84. The molecule has 0 heterocycles. The molecule has 0 spiro atoms. The Morgan fingerprint density at radius 2 is 1.95 bits per heavy atom. The minimum atomic E-state index is -0.195. The second-order valence-corrected chi connectivity index (χ2v) is 4.35. The van der Waals surface area contributed by atoms with Crippen molar-refractivity contribution in [2.24, 2.45) is 5.10 Å². The summed E-state index contributed by atoms with van der Waals surface area (Å²) in [6.45, 7) is 6.60. The number of hydrogen-bond acceptors (Lipinski definition) is 3. The molecule has 1 N–H and O–H groups in total. The van der Waals surface area contributed by atoms with Gasteiger partial charge in [0.1, 0.15) is 5.75 Å². The Labute approximate surface area is 114 Å². The zero-order valence-electron chi connectivity index (χ0n) is 11.9. The molecule has 0 aliphatic carbocycles. The summed E-state index contributed by atoms with van der Waals surface area (Å²) in [7, 11) is 0. The number of unbranched alkanes of at least 4 members (excludes halogenated alkanes) is 1. The van der Waals surface area contributed by atoms with Gasteiger partial charge in [0.15, 0.2) is 0 Å². The number of amides is 1.